The van der Waals surface area contributed by atoms with Crippen molar-refractivity contribution < 1.29 is 9.90 Å². The third-order valence-electron chi connectivity index (χ3n) is 2.78. The van der Waals surface area contributed by atoms with Crippen LogP contribution in [0.15, 0.2) is 34.2 Å². The van der Waals surface area contributed by atoms with E-state index in [1.54, 1.807) is 13.0 Å². The third kappa shape index (κ3) is 4.32. The second-order valence-corrected chi connectivity index (χ2v) is 5.85. The molecule has 1 aromatic carbocycles. The molecular formula is C14H14ClN3O3S. The van der Waals surface area contributed by atoms with Gasteiger partial charge in [0.15, 0.2) is 5.16 Å². The first-order valence-corrected chi connectivity index (χ1v) is 7.93. The Hall–Kier alpha value is -1.86. The van der Waals surface area contributed by atoms with E-state index in [1.165, 1.54) is 16.4 Å². The fourth-order valence-electron chi connectivity index (χ4n) is 1.77. The van der Waals surface area contributed by atoms with Gasteiger partial charge in [0.25, 0.3) is 5.56 Å². The Labute approximate surface area is 136 Å². The first kappa shape index (κ1) is 16.5. The van der Waals surface area contributed by atoms with Crippen LogP contribution >= 0.6 is 23.4 Å². The zero-order chi connectivity index (χ0) is 16.1. The van der Waals surface area contributed by atoms with Gasteiger partial charge in [0, 0.05) is 10.8 Å². The van der Waals surface area contributed by atoms with Crippen LogP contribution in [-0.2, 0) is 23.5 Å². The monoisotopic (exact) mass is 339 g/mol. The van der Waals surface area contributed by atoms with Gasteiger partial charge in [0.05, 0.1) is 0 Å². The molecule has 8 heteroatoms. The first-order chi connectivity index (χ1) is 10.5. The van der Waals surface area contributed by atoms with Gasteiger partial charge in [-0.25, -0.2) is 4.68 Å². The summed E-state index contributed by atoms with van der Waals surface area (Å²) < 4.78 is 1.25. The molecule has 2 aromatic rings. The first-order valence-electron chi connectivity index (χ1n) is 6.56. The summed E-state index contributed by atoms with van der Waals surface area (Å²) in [7, 11) is 0. The topological polar surface area (TPSA) is 85.1 Å². The molecule has 1 heterocycles. The summed E-state index contributed by atoms with van der Waals surface area (Å²) in [5, 5.41) is 13.9. The normalized spacial score (nSPS) is 10.6. The molecule has 1 N–H and O–H groups in total. The van der Waals surface area contributed by atoms with Crippen LogP contribution in [0, 0.1) is 0 Å². The standard InChI is InChI=1S/C14H14ClN3O3S/c1-2-11-13(21)16-14(18(17-11)7-12(19)20)22-8-9-4-3-5-10(15)6-9/h3-6H,2,7-8H2,1H3,(H,19,20). The minimum atomic E-state index is -1.04. The van der Waals surface area contributed by atoms with Crippen LogP contribution in [-0.4, -0.2) is 25.8 Å². The van der Waals surface area contributed by atoms with Crippen molar-refractivity contribution in [2.75, 3.05) is 0 Å². The molecule has 1 aromatic heterocycles. The molecule has 0 saturated heterocycles. The molecule has 6 nitrogen and oxygen atoms in total. The van der Waals surface area contributed by atoms with Crippen molar-refractivity contribution in [1.82, 2.24) is 14.8 Å². The largest absolute Gasteiger partial charge is 0.480 e. The predicted octanol–water partition coefficient (Wildman–Crippen LogP) is 2.23. The Kier molecular flexibility index (Phi) is 5.57. The van der Waals surface area contributed by atoms with Crippen molar-refractivity contribution in [3.8, 4) is 0 Å². The van der Waals surface area contributed by atoms with Gasteiger partial charge in [0.1, 0.15) is 12.2 Å². The molecule has 0 spiro atoms. The van der Waals surface area contributed by atoms with Crippen LogP contribution in [0.3, 0.4) is 0 Å². The summed E-state index contributed by atoms with van der Waals surface area (Å²) in [6.07, 6.45) is 0.407. The lowest BCUT2D eigenvalue weighted by Gasteiger charge is -2.10. The van der Waals surface area contributed by atoms with Gasteiger partial charge in [-0.15, -0.1) is 0 Å². The number of benzene rings is 1. The minimum Gasteiger partial charge on any atom is -0.480 e. The summed E-state index contributed by atoms with van der Waals surface area (Å²) in [6.45, 7) is 1.44. The molecule has 22 heavy (non-hydrogen) atoms. The number of rotatable bonds is 6. The number of carbonyl (C=O) groups is 1. The molecule has 0 radical (unpaired) electrons. The Morgan fingerprint density at radius 2 is 2.23 bits per heavy atom. The van der Waals surface area contributed by atoms with E-state index in [0.29, 0.717) is 17.2 Å². The van der Waals surface area contributed by atoms with E-state index >= 15 is 0 Å². The Morgan fingerprint density at radius 1 is 1.45 bits per heavy atom. The molecule has 0 fully saturated rings. The molecule has 0 unspecified atom stereocenters. The van der Waals surface area contributed by atoms with E-state index in [4.69, 9.17) is 16.7 Å². The molecule has 0 aliphatic rings. The van der Waals surface area contributed by atoms with E-state index in [1.807, 2.05) is 18.2 Å². The SMILES string of the molecule is CCc1nn(CC(=O)O)c(SCc2cccc(Cl)c2)nc1=O. The third-order valence-corrected chi connectivity index (χ3v) is 4.06. The second-order valence-electron chi connectivity index (χ2n) is 4.47. The van der Waals surface area contributed by atoms with E-state index in [2.05, 4.69) is 10.1 Å². The van der Waals surface area contributed by atoms with Crippen LogP contribution in [0.5, 0.6) is 0 Å². The number of hydrogen-bond acceptors (Lipinski definition) is 5. The molecule has 2 rings (SSSR count). The van der Waals surface area contributed by atoms with Crippen molar-refractivity contribution >= 4 is 29.3 Å². The lowest BCUT2D eigenvalue weighted by Crippen LogP contribution is -2.25. The number of halogens is 1. The molecule has 0 aliphatic carbocycles. The summed E-state index contributed by atoms with van der Waals surface area (Å²) in [6, 6.07) is 7.30. The number of aliphatic carboxylic acids is 1. The van der Waals surface area contributed by atoms with Crippen LogP contribution in [0.1, 0.15) is 18.2 Å². The highest BCUT2D eigenvalue weighted by Crippen LogP contribution is 2.21. The van der Waals surface area contributed by atoms with Gasteiger partial charge in [-0.05, 0) is 24.1 Å². The minimum absolute atomic E-state index is 0.258. The molecule has 0 amide bonds. The van der Waals surface area contributed by atoms with Crippen molar-refractivity contribution in [3.05, 3.63) is 50.9 Å². The van der Waals surface area contributed by atoms with Crippen molar-refractivity contribution in [2.24, 2.45) is 0 Å². The van der Waals surface area contributed by atoms with Gasteiger partial charge in [-0.2, -0.15) is 10.1 Å². The maximum atomic E-state index is 11.8. The fraction of sp³-hybridized carbons (Fsp3) is 0.286. The summed E-state index contributed by atoms with van der Waals surface area (Å²) in [5.74, 6) is -0.524. The zero-order valence-electron chi connectivity index (χ0n) is 11.8. The Balaban J connectivity index is 2.26. The molecule has 0 bridgehead atoms. The average Bonchev–Trinajstić information content (AvgIpc) is 2.46. The molecule has 0 saturated carbocycles. The highest BCUT2D eigenvalue weighted by Gasteiger charge is 2.12. The lowest BCUT2D eigenvalue weighted by atomic mass is 10.2. The van der Waals surface area contributed by atoms with Crippen LogP contribution in [0.25, 0.3) is 0 Å². The maximum Gasteiger partial charge on any atom is 0.325 e. The fourth-order valence-corrected chi connectivity index (χ4v) is 2.86. The van der Waals surface area contributed by atoms with Gasteiger partial charge in [-0.1, -0.05) is 42.4 Å². The lowest BCUT2D eigenvalue weighted by molar-refractivity contribution is -0.138. The number of nitrogens with zero attached hydrogens (tertiary/aromatic N) is 3. The molecule has 0 atom stereocenters. The van der Waals surface area contributed by atoms with E-state index in [9.17, 15) is 9.59 Å². The van der Waals surface area contributed by atoms with E-state index in [0.717, 1.165) is 5.56 Å². The van der Waals surface area contributed by atoms with Crippen molar-refractivity contribution in [3.63, 3.8) is 0 Å². The average molecular weight is 340 g/mol. The van der Waals surface area contributed by atoms with E-state index < -0.39 is 11.5 Å². The number of carboxylic acids is 1. The second kappa shape index (κ2) is 7.42. The van der Waals surface area contributed by atoms with Crippen LogP contribution in [0.2, 0.25) is 5.02 Å². The number of aromatic nitrogens is 3. The number of hydrogen-bond donors (Lipinski definition) is 1. The van der Waals surface area contributed by atoms with E-state index in [-0.39, 0.29) is 17.4 Å². The number of thioether (sulfide) groups is 1. The quantitative estimate of drug-likeness (QED) is 0.812. The van der Waals surface area contributed by atoms with Crippen LogP contribution in [0.4, 0.5) is 0 Å². The van der Waals surface area contributed by atoms with Crippen molar-refractivity contribution in [1.29, 1.82) is 0 Å². The van der Waals surface area contributed by atoms with Crippen LogP contribution < -0.4 is 5.56 Å². The highest BCUT2D eigenvalue weighted by molar-refractivity contribution is 7.98. The predicted molar refractivity (Wildman–Crippen MR) is 84.3 cm³/mol. The maximum absolute atomic E-state index is 11.8. The smallest absolute Gasteiger partial charge is 0.325 e. The summed E-state index contributed by atoms with van der Waals surface area (Å²) >= 11 is 7.17. The van der Waals surface area contributed by atoms with Gasteiger partial charge in [0.2, 0.25) is 0 Å². The number of carboxylic acid groups (broad SMARTS) is 1. The molecular weight excluding hydrogens is 326 g/mol. The van der Waals surface area contributed by atoms with Gasteiger partial charge < -0.3 is 5.11 Å². The van der Waals surface area contributed by atoms with Gasteiger partial charge >= 0.3 is 5.97 Å². The zero-order valence-corrected chi connectivity index (χ0v) is 13.4. The van der Waals surface area contributed by atoms with Crippen molar-refractivity contribution in [2.45, 2.75) is 30.8 Å². The highest BCUT2D eigenvalue weighted by atomic mass is 35.5. The molecule has 0 aliphatic heterocycles. The molecule has 116 valence electrons. The summed E-state index contributed by atoms with van der Waals surface area (Å²) in [5.41, 5.74) is 0.791. The Bertz CT molecular complexity index is 748. The summed E-state index contributed by atoms with van der Waals surface area (Å²) in [4.78, 5) is 26.7. The van der Waals surface area contributed by atoms with Gasteiger partial charge in [-0.3, -0.25) is 9.59 Å². The Morgan fingerprint density at radius 3 is 2.86 bits per heavy atom. The number of aryl methyl sites for hydroxylation is 1.